The van der Waals surface area contributed by atoms with Gasteiger partial charge < -0.3 is 10.6 Å². The zero-order chi connectivity index (χ0) is 17.1. The van der Waals surface area contributed by atoms with Crippen LogP contribution in [0.2, 0.25) is 5.02 Å². The van der Waals surface area contributed by atoms with E-state index in [1.54, 1.807) is 32.0 Å². The standard InChI is InChI=1S/C16H18ClN3O3/c1-9(2)16(23)19-14-5-4-11(6-13(14)17)18-12-7-15(22)20(8-12)10(3)21/h4-7,9,18H,8H2,1-3H3,(H,19,23). The Hall–Kier alpha value is -2.34. The molecular formula is C16H18ClN3O3. The molecule has 122 valence electrons. The van der Waals surface area contributed by atoms with Crippen LogP contribution in [0.25, 0.3) is 0 Å². The first kappa shape index (κ1) is 17.0. The van der Waals surface area contributed by atoms with Gasteiger partial charge in [0.2, 0.25) is 11.8 Å². The molecule has 1 aromatic carbocycles. The number of rotatable bonds is 4. The second-order valence-electron chi connectivity index (χ2n) is 5.58. The first-order valence-corrected chi connectivity index (χ1v) is 7.56. The molecule has 1 heterocycles. The molecule has 1 aliphatic rings. The van der Waals surface area contributed by atoms with E-state index in [0.717, 1.165) is 4.90 Å². The first-order valence-electron chi connectivity index (χ1n) is 7.18. The third-order valence-corrected chi connectivity index (χ3v) is 3.64. The fraction of sp³-hybridized carbons (Fsp3) is 0.312. The molecule has 0 aliphatic carbocycles. The summed E-state index contributed by atoms with van der Waals surface area (Å²) in [4.78, 5) is 35.8. The molecule has 0 spiro atoms. The van der Waals surface area contributed by atoms with Crippen molar-refractivity contribution in [2.45, 2.75) is 20.8 Å². The molecule has 2 N–H and O–H groups in total. The summed E-state index contributed by atoms with van der Waals surface area (Å²) in [7, 11) is 0. The van der Waals surface area contributed by atoms with Gasteiger partial charge in [-0.15, -0.1) is 0 Å². The van der Waals surface area contributed by atoms with Crippen LogP contribution in [0.15, 0.2) is 30.0 Å². The molecule has 7 heteroatoms. The minimum Gasteiger partial charge on any atom is -0.357 e. The van der Waals surface area contributed by atoms with Crippen LogP contribution in [0.5, 0.6) is 0 Å². The second-order valence-corrected chi connectivity index (χ2v) is 5.98. The summed E-state index contributed by atoms with van der Waals surface area (Å²) in [5.41, 5.74) is 1.81. The Bertz CT molecular complexity index is 698. The zero-order valence-electron chi connectivity index (χ0n) is 13.1. The van der Waals surface area contributed by atoms with E-state index >= 15 is 0 Å². The summed E-state index contributed by atoms with van der Waals surface area (Å²) in [6.07, 6.45) is 1.38. The van der Waals surface area contributed by atoms with E-state index in [9.17, 15) is 14.4 Å². The molecule has 0 saturated heterocycles. The molecule has 6 nitrogen and oxygen atoms in total. The van der Waals surface area contributed by atoms with Crippen molar-refractivity contribution in [3.63, 3.8) is 0 Å². The van der Waals surface area contributed by atoms with E-state index in [1.165, 1.54) is 13.0 Å². The van der Waals surface area contributed by atoms with Gasteiger partial charge in [0, 0.05) is 30.3 Å². The van der Waals surface area contributed by atoms with Gasteiger partial charge in [0.25, 0.3) is 5.91 Å². The maximum Gasteiger partial charge on any atom is 0.255 e. The number of hydrogen-bond acceptors (Lipinski definition) is 4. The second kappa shape index (κ2) is 6.83. The summed E-state index contributed by atoms with van der Waals surface area (Å²) in [6, 6.07) is 5.08. The fourth-order valence-corrected chi connectivity index (χ4v) is 2.25. The van der Waals surface area contributed by atoms with Gasteiger partial charge >= 0.3 is 0 Å². The first-order chi connectivity index (χ1) is 10.8. The number of amides is 3. The van der Waals surface area contributed by atoms with Crippen molar-refractivity contribution in [3.05, 3.63) is 35.0 Å². The van der Waals surface area contributed by atoms with Crippen molar-refractivity contribution in [2.24, 2.45) is 5.92 Å². The normalized spacial score (nSPS) is 14.0. The number of carbonyl (C=O) groups excluding carboxylic acids is 3. The molecule has 0 radical (unpaired) electrons. The molecule has 3 amide bonds. The predicted octanol–water partition coefficient (Wildman–Crippen LogP) is 2.62. The maximum atomic E-state index is 11.7. The summed E-state index contributed by atoms with van der Waals surface area (Å²) < 4.78 is 0. The zero-order valence-corrected chi connectivity index (χ0v) is 13.9. The van der Waals surface area contributed by atoms with Gasteiger partial charge in [0.15, 0.2) is 0 Å². The van der Waals surface area contributed by atoms with Gasteiger partial charge in [0.05, 0.1) is 17.3 Å². The summed E-state index contributed by atoms with van der Waals surface area (Å²) in [5, 5.41) is 6.18. The average Bonchev–Trinajstić information content (AvgIpc) is 2.82. The Kier molecular flexibility index (Phi) is 5.05. The molecule has 1 aromatic rings. The lowest BCUT2D eigenvalue weighted by Gasteiger charge is -2.14. The number of nitrogens with one attached hydrogen (secondary N) is 2. The highest BCUT2D eigenvalue weighted by Gasteiger charge is 2.24. The molecule has 0 aromatic heterocycles. The topological polar surface area (TPSA) is 78.5 Å². The van der Waals surface area contributed by atoms with Crippen LogP contribution >= 0.6 is 11.6 Å². The van der Waals surface area contributed by atoms with E-state index in [-0.39, 0.29) is 30.2 Å². The molecule has 0 fully saturated rings. The van der Waals surface area contributed by atoms with E-state index in [1.807, 2.05) is 0 Å². The van der Waals surface area contributed by atoms with Crippen LogP contribution in [-0.4, -0.2) is 29.2 Å². The molecule has 23 heavy (non-hydrogen) atoms. The lowest BCUT2D eigenvalue weighted by atomic mass is 10.2. The van der Waals surface area contributed by atoms with Gasteiger partial charge in [-0.3, -0.25) is 19.3 Å². The smallest absolute Gasteiger partial charge is 0.255 e. The molecule has 0 bridgehead atoms. The fourth-order valence-electron chi connectivity index (χ4n) is 2.02. The van der Waals surface area contributed by atoms with Crippen LogP contribution in [0.1, 0.15) is 20.8 Å². The number of carbonyl (C=O) groups is 3. The lowest BCUT2D eigenvalue weighted by molar-refractivity contribution is -0.138. The Labute approximate surface area is 139 Å². The third-order valence-electron chi connectivity index (χ3n) is 3.33. The Morgan fingerprint density at radius 2 is 2.00 bits per heavy atom. The Balaban J connectivity index is 2.07. The molecule has 2 rings (SSSR count). The van der Waals surface area contributed by atoms with Crippen LogP contribution in [0.3, 0.4) is 0 Å². The molecule has 0 unspecified atom stereocenters. The number of nitrogens with zero attached hydrogens (tertiary/aromatic N) is 1. The highest BCUT2D eigenvalue weighted by atomic mass is 35.5. The van der Waals surface area contributed by atoms with Crippen LogP contribution in [0.4, 0.5) is 11.4 Å². The van der Waals surface area contributed by atoms with Crippen molar-refractivity contribution in [1.29, 1.82) is 0 Å². The molecular weight excluding hydrogens is 318 g/mol. The number of halogens is 1. The van der Waals surface area contributed by atoms with Gasteiger partial charge in [-0.1, -0.05) is 25.4 Å². The highest BCUT2D eigenvalue weighted by molar-refractivity contribution is 6.34. The van der Waals surface area contributed by atoms with Crippen molar-refractivity contribution < 1.29 is 14.4 Å². The Morgan fingerprint density at radius 3 is 2.52 bits per heavy atom. The largest absolute Gasteiger partial charge is 0.357 e. The van der Waals surface area contributed by atoms with Crippen LogP contribution in [-0.2, 0) is 14.4 Å². The SMILES string of the molecule is CC(=O)N1CC(Nc2ccc(NC(=O)C(C)C)c(Cl)c2)=CC1=O. The van der Waals surface area contributed by atoms with Crippen LogP contribution in [0, 0.1) is 5.92 Å². The van der Waals surface area contributed by atoms with Gasteiger partial charge in [-0.05, 0) is 18.2 Å². The van der Waals surface area contributed by atoms with Crippen molar-refractivity contribution in [2.75, 3.05) is 17.2 Å². The highest BCUT2D eigenvalue weighted by Crippen LogP contribution is 2.27. The quantitative estimate of drug-likeness (QED) is 0.886. The van der Waals surface area contributed by atoms with Crippen molar-refractivity contribution >= 4 is 40.7 Å². The molecule has 0 atom stereocenters. The monoisotopic (exact) mass is 335 g/mol. The third kappa shape index (κ3) is 4.10. The average molecular weight is 336 g/mol. The number of benzene rings is 1. The number of imide groups is 1. The van der Waals surface area contributed by atoms with E-state index in [4.69, 9.17) is 11.6 Å². The maximum absolute atomic E-state index is 11.7. The minimum absolute atomic E-state index is 0.117. The van der Waals surface area contributed by atoms with E-state index in [0.29, 0.717) is 22.1 Å². The summed E-state index contributed by atoms with van der Waals surface area (Å²) in [6.45, 7) is 5.14. The minimum atomic E-state index is -0.341. The van der Waals surface area contributed by atoms with E-state index in [2.05, 4.69) is 10.6 Å². The van der Waals surface area contributed by atoms with E-state index < -0.39 is 0 Å². The summed E-state index contributed by atoms with van der Waals surface area (Å²) in [5.74, 6) is -0.898. The molecule has 1 aliphatic heterocycles. The van der Waals surface area contributed by atoms with Crippen LogP contribution < -0.4 is 10.6 Å². The number of anilines is 2. The van der Waals surface area contributed by atoms with Gasteiger partial charge in [-0.25, -0.2) is 0 Å². The van der Waals surface area contributed by atoms with Gasteiger partial charge in [-0.2, -0.15) is 0 Å². The lowest BCUT2D eigenvalue weighted by Crippen LogP contribution is -2.31. The summed E-state index contributed by atoms with van der Waals surface area (Å²) >= 11 is 6.17. The molecule has 0 saturated carbocycles. The Morgan fingerprint density at radius 1 is 1.30 bits per heavy atom. The van der Waals surface area contributed by atoms with Crippen molar-refractivity contribution in [3.8, 4) is 0 Å². The van der Waals surface area contributed by atoms with Gasteiger partial charge in [0.1, 0.15) is 0 Å². The predicted molar refractivity (Wildman–Crippen MR) is 89.0 cm³/mol. The van der Waals surface area contributed by atoms with Crippen molar-refractivity contribution in [1.82, 2.24) is 4.90 Å². The number of hydrogen-bond donors (Lipinski definition) is 2.